The zero-order valence-electron chi connectivity index (χ0n) is 9.95. The maximum absolute atomic E-state index is 11.4. The maximum Gasteiger partial charge on any atom is 0.307 e. The first-order valence-corrected chi connectivity index (χ1v) is 5.44. The highest BCUT2D eigenvalue weighted by Gasteiger charge is 2.14. The van der Waals surface area contributed by atoms with Crippen LogP contribution in [0.5, 0.6) is 0 Å². The Morgan fingerprint density at radius 3 is 2.82 bits per heavy atom. The van der Waals surface area contributed by atoms with Gasteiger partial charge in [-0.1, -0.05) is 12.0 Å². The van der Waals surface area contributed by atoms with E-state index in [1.165, 1.54) is 6.07 Å². The summed E-state index contributed by atoms with van der Waals surface area (Å²) in [5.74, 6) is 5.19. The van der Waals surface area contributed by atoms with Crippen LogP contribution in [0.4, 0.5) is 0 Å². The number of aromatic amines is 1. The fraction of sp³-hybridized carbons (Fsp3) is 0.385. The zero-order valence-corrected chi connectivity index (χ0v) is 9.95. The molecule has 17 heavy (non-hydrogen) atoms. The number of ether oxygens (including phenoxy) is 1. The Morgan fingerprint density at radius 2 is 2.29 bits per heavy atom. The number of nitrogens with one attached hydrogen (secondary N) is 1. The van der Waals surface area contributed by atoms with E-state index in [0.29, 0.717) is 6.61 Å². The molecule has 0 bridgehead atoms. The highest BCUT2D eigenvalue weighted by Crippen LogP contribution is 2.17. The van der Waals surface area contributed by atoms with Crippen LogP contribution in [0.1, 0.15) is 31.7 Å². The molecular weight excluding hydrogens is 218 g/mol. The Hall–Kier alpha value is -2.02. The zero-order chi connectivity index (χ0) is 12.7. The van der Waals surface area contributed by atoms with Gasteiger partial charge in [-0.15, -0.1) is 5.92 Å². The average molecular weight is 233 g/mol. The van der Waals surface area contributed by atoms with E-state index in [9.17, 15) is 9.59 Å². The molecule has 0 unspecified atom stereocenters. The van der Waals surface area contributed by atoms with Gasteiger partial charge in [-0.25, -0.2) is 0 Å². The van der Waals surface area contributed by atoms with Gasteiger partial charge < -0.3 is 9.72 Å². The number of hydrogen-bond acceptors (Lipinski definition) is 3. The van der Waals surface area contributed by atoms with Crippen LogP contribution in [-0.4, -0.2) is 17.6 Å². The van der Waals surface area contributed by atoms with Gasteiger partial charge in [0.15, 0.2) is 0 Å². The van der Waals surface area contributed by atoms with Gasteiger partial charge in [0.25, 0.3) is 0 Å². The van der Waals surface area contributed by atoms with Gasteiger partial charge in [-0.2, -0.15) is 0 Å². The number of carbonyl (C=O) groups is 1. The molecule has 0 radical (unpaired) electrons. The van der Waals surface area contributed by atoms with E-state index in [1.54, 1.807) is 26.1 Å². The third-order valence-corrected chi connectivity index (χ3v) is 2.21. The number of rotatable bonds is 4. The van der Waals surface area contributed by atoms with Crippen molar-refractivity contribution < 1.29 is 9.53 Å². The molecule has 0 aromatic carbocycles. The van der Waals surface area contributed by atoms with Crippen molar-refractivity contribution in [1.29, 1.82) is 0 Å². The molecule has 4 heteroatoms. The average Bonchev–Trinajstić information content (AvgIpc) is 2.30. The lowest BCUT2D eigenvalue weighted by atomic mass is 9.98. The van der Waals surface area contributed by atoms with Crippen LogP contribution in [0.15, 0.2) is 23.1 Å². The summed E-state index contributed by atoms with van der Waals surface area (Å²) in [6.07, 6.45) is 1.78. The van der Waals surface area contributed by atoms with Crippen LogP contribution < -0.4 is 5.56 Å². The molecule has 1 aromatic heterocycles. The third kappa shape index (κ3) is 4.15. The Kier molecular flexibility index (Phi) is 5.02. The minimum absolute atomic E-state index is 0.173. The summed E-state index contributed by atoms with van der Waals surface area (Å²) in [7, 11) is 0. The van der Waals surface area contributed by atoms with Gasteiger partial charge in [0, 0.05) is 12.3 Å². The monoisotopic (exact) mass is 233 g/mol. The molecule has 0 fully saturated rings. The minimum atomic E-state index is -0.286. The number of pyridine rings is 1. The predicted molar refractivity (Wildman–Crippen MR) is 64.5 cm³/mol. The quantitative estimate of drug-likeness (QED) is 0.632. The van der Waals surface area contributed by atoms with Crippen molar-refractivity contribution in [2.24, 2.45) is 0 Å². The molecule has 0 saturated carbocycles. The van der Waals surface area contributed by atoms with E-state index in [0.717, 1.165) is 5.56 Å². The summed E-state index contributed by atoms with van der Waals surface area (Å²) in [4.78, 5) is 24.9. The second-order valence-corrected chi connectivity index (χ2v) is 3.44. The van der Waals surface area contributed by atoms with Crippen molar-refractivity contribution in [3.8, 4) is 11.8 Å². The standard InChI is InChI=1S/C13H15NO3/c1-3-5-10(8-13(16)17-4-2)11-6-7-12(15)14-9-11/h6-7,9-10H,4,8H2,1-2H3,(H,14,15)/t10-/m1/s1. The first kappa shape index (κ1) is 13.0. The van der Waals surface area contributed by atoms with E-state index in [2.05, 4.69) is 16.8 Å². The van der Waals surface area contributed by atoms with Crippen molar-refractivity contribution in [3.05, 3.63) is 34.2 Å². The van der Waals surface area contributed by atoms with E-state index < -0.39 is 0 Å². The van der Waals surface area contributed by atoms with Crippen molar-refractivity contribution in [3.63, 3.8) is 0 Å². The first-order chi connectivity index (χ1) is 8.17. The topological polar surface area (TPSA) is 59.2 Å². The summed E-state index contributed by atoms with van der Waals surface area (Å²) in [6.45, 7) is 3.83. The fourth-order valence-corrected chi connectivity index (χ4v) is 1.45. The molecule has 0 aliphatic rings. The summed E-state index contributed by atoms with van der Waals surface area (Å²) in [5, 5.41) is 0. The molecule has 1 N–H and O–H groups in total. The Morgan fingerprint density at radius 1 is 1.53 bits per heavy atom. The molecule has 1 rings (SSSR count). The molecule has 0 saturated heterocycles. The minimum Gasteiger partial charge on any atom is -0.466 e. The number of esters is 1. The van der Waals surface area contributed by atoms with E-state index in [-0.39, 0.29) is 23.9 Å². The number of H-pyrrole nitrogens is 1. The first-order valence-electron chi connectivity index (χ1n) is 5.44. The van der Waals surface area contributed by atoms with Crippen molar-refractivity contribution in [2.45, 2.75) is 26.2 Å². The lowest BCUT2D eigenvalue weighted by Gasteiger charge is -2.09. The molecule has 1 aromatic rings. The predicted octanol–water partition coefficient (Wildman–Crippen LogP) is 1.43. The van der Waals surface area contributed by atoms with Gasteiger partial charge in [0.1, 0.15) is 0 Å². The van der Waals surface area contributed by atoms with Crippen LogP contribution in [0.3, 0.4) is 0 Å². The SMILES string of the molecule is CC#C[C@H](CC(=O)OCC)c1ccc(=O)[nH]c1. The van der Waals surface area contributed by atoms with Crippen molar-refractivity contribution in [2.75, 3.05) is 6.61 Å². The van der Waals surface area contributed by atoms with Crippen LogP contribution >= 0.6 is 0 Å². The second-order valence-electron chi connectivity index (χ2n) is 3.44. The highest BCUT2D eigenvalue weighted by molar-refractivity contribution is 5.71. The van der Waals surface area contributed by atoms with E-state index in [4.69, 9.17) is 4.74 Å². The Balaban J connectivity index is 2.84. The van der Waals surface area contributed by atoms with Crippen LogP contribution in [0.25, 0.3) is 0 Å². The number of hydrogen-bond donors (Lipinski definition) is 1. The third-order valence-electron chi connectivity index (χ3n) is 2.21. The van der Waals surface area contributed by atoms with Crippen molar-refractivity contribution >= 4 is 5.97 Å². The van der Waals surface area contributed by atoms with Crippen LogP contribution in [-0.2, 0) is 9.53 Å². The number of carbonyl (C=O) groups excluding carboxylic acids is 1. The summed E-state index contributed by atoms with van der Waals surface area (Å²) in [6, 6.07) is 3.10. The molecular formula is C13H15NO3. The molecule has 90 valence electrons. The highest BCUT2D eigenvalue weighted by atomic mass is 16.5. The largest absolute Gasteiger partial charge is 0.466 e. The van der Waals surface area contributed by atoms with Gasteiger partial charge >= 0.3 is 5.97 Å². The van der Waals surface area contributed by atoms with Crippen LogP contribution in [0.2, 0.25) is 0 Å². The van der Waals surface area contributed by atoms with E-state index >= 15 is 0 Å². The van der Waals surface area contributed by atoms with Crippen molar-refractivity contribution in [1.82, 2.24) is 4.98 Å². The Labute approximate surface area is 100 Å². The summed E-state index contributed by atoms with van der Waals surface area (Å²) in [5.41, 5.74) is 0.639. The molecule has 1 atom stereocenters. The molecule has 4 nitrogen and oxygen atoms in total. The van der Waals surface area contributed by atoms with E-state index in [1.807, 2.05) is 0 Å². The Bertz CT molecular complexity index is 473. The van der Waals surface area contributed by atoms with Gasteiger partial charge in [-0.05, 0) is 19.4 Å². The van der Waals surface area contributed by atoms with Crippen LogP contribution in [0, 0.1) is 11.8 Å². The number of aromatic nitrogens is 1. The molecule has 0 aliphatic heterocycles. The summed E-state index contributed by atoms with van der Waals surface area (Å²) < 4.78 is 4.89. The normalized spacial score (nSPS) is 11.2. The molecule has 1 heterocycles. The maximum atomic E-state index is 11.4. The lowest BCUT2D eigenvalue weighted by Crippen LogP contribution is -2.11. The molecule has 0 spiro atoms. The second kappa shape index (κ2) is 6.54. The smallest absolute Gasteiger partial charge is 0.307 e. The summed E-state index contributed by atoms with van der Waals surface area (Å²) >= 11 is 0. The lowest BCUT2D eigenvalue weighted by molar-refractivity contribution is -0.143. The fourth-order valence-electron chi connectivity index (χ4n) is 1.45. The molecule has 0 aliphatic carbocycles. The van der Waals surface area contributed by atoms with Gasteiger partial charge in [0.2, 0.25) is 5.56 Å². The van der Waals surface area contributed by atoms with Gasteiger partial charge in [-0.3, -0.25) is 9.59 Å². The molecule has 0 amide bonds. The van der Waals surface area contributed by atoms with Gasteiger partial charge in [0.05, 0.1) is 18.9 Å².